The first-order chi connectivity index (χ1) is 11.9. The summed E-state index contributed by atoms with van der Waals surface area (Å²) in [6.07, 6.45) is -0.571. The Kier molecular flexibility index (Phi) is 10.9. The highest BCUT2D eigenvalue weighted by Gasteiger charge is 2.32. The number of nitrogens with one attached hydrogen (secondary N) is 2. The lowest BCUT2D eigenvalue weighted by molar-refractivity contribution is -0.148. The fourth-order valence-corrected chi connectivity index (χ4v) is 2.93. The van der Waals surface area contributed by atoms with Crippen LogP contribution < -0.4 is 10.6 Å². The molecular formula is C17H33F3N4O. The fourth-order valence-electron chi connectivity index (χ4n) is 2.93. The van der Waals surface area contributed by atoms with Crippen LogP contribution in [0.15, 0.2) is 4.99 Å². The smallest absolute Gasteiger partial charge is 0.382 e. The Morgan fingerprint density at radius 2 is 1.92 bits per heavy atom. The Balaban J connectivity index is 2.20. The lowest BCUT2D eigenvalue weighted by Crippen LogP contribution is -2.41. The molecule has 1 rings (SSSR count). The molecule has 0 aromatic carbocycles. The van der Waals surface area contributed by atoms with Gasteiger partial charge in [-0.2, -0.15) is 13.2 Å². The van der Waals surface area contributed by atoms with Gasteiger partial charge in [-0.3, -0.25) is 9.89 Å². The number of alkyl halides is 3. The molecule has 25 heavy (non-hydrogen) atoms. The van der Waals surface area contributed by atoms with Gasteiger partial charge in [0.15, 0.2) is 5.96 Å². The number of nitrogens with zero attached hydrogens (tertiary/aromatic N) is 2. The highest BCUT2D eigenvalue weighted by molar-refractivity contribution is 5.79. The minimum absolute atomic E-state index is 0.484. The highest BCUT2D eigenvalue weighted by Crippen LogP contribution is 2.23. The summed E-state index contributed by atoms with van der Waals surface area (Å²) >= 11 is 0. The van der Waals surface area contributed by atoms with Crippen LogP contribution in [0.3, 0.4) is 0 Å². The van der Waals surface area contributed by atoms with E-state index in [0.717, 1.165) is 57.9 Å². The summed E-state index contributed by atoms with van der Waals surface area (Å²) in [7, 11) is 0. The van der Waals surface area contributed by atoms with E-state index < -0.39 is 12.7 Å². The number of aliphatic imine (C=N–C) groups is 1. The van der Waals surface area contributed by atoms with Crippen molar-refractivity contribution >= 4 is 5.96 Å². The molecule has 1 heterocycles. The van der Waals surface area contributed by atoms with E-state index in [4.69, 9.17) is 4.74 Å². The van der Waals surface area contributed by atoms with E-state index in [1.54, 1.807) is 0 Å². The molecule has 0 aliphatic carbocycles. The summed E-state index contributed by atoms with van der Waals surface area (Å²) in [5.74, 6) is 1.28. The van der Waals surface area contributed by atoms with Crippen LogP contribution in [-0.4, -0.2) is 69.5 Å². The van der Waals surface area contributed by atoms with E-state index in [1.165, 1.54) is 4.90 Å². The largest absolute Gasteiger partial charge is 0.401 e. The number of halogens is 3. The first kappa shape index (κ1) is 22.0. The summed E-state index contributed by atoms with van der Waals surface area (Å²) < 4.78 is 42.5. The van der Waals surface area contributed by atoms with Crippen LogP contribution in [0.25, 0.3) is 0 Å². The fraction of sp³-hybridized carbons (Fsp3) is 0.941. The summed E-state index contributed by atoms with van der Waals surface area (Å²) in [5.41, 5.74) is 0. The second-order valence-electron chi connectivity index (χ2n) is 6.36. The number of ether oxygens (including phenoxy) is 1. The van der Waals surface area contributed by atoms with Gasteiger partial charge in [0.05, 0.1) is 6.54 Å². The third-order valence-electron chi connectivity index (χ3n) is 4.22. The molecule has 148 valence electrons. The number of piperidine rings is 1. The standard InChI is InChI=1S/C17H33F3N4O/c1-3-21-16(22-9-5-13-25-4-2)23-10-6-15-7-11-24(12-8-15)14-17(18,19)20/h15H,3-14H2,1-2H3,(H2,21,22,23). The van der Waals surface area contributed by atoms with Gasteiger partial charge in [-0.15, -0.1) is 0 Å². The molecule has 0 aromatic rings. The van der Waals surface area contributed by atoms with Gasteiger partial charge < -0.3 is 15.4 Å². The topological polar surface area (TPSA) is 48.9 Å². The molecule has 1 fully saturated rings. The molecule has 0 spiro atoms. The van der Waals surface area contributed by atoms with E-state index in [9.17, 15) is 13.2 Å². The molecule has 0 saturated carbocycles. The Morgan fingerprint density at radius 1 is 1.20 bits per heavy atom. The van der Waals surface area contributed by atoms with E-state index >= 15 is 0 Å². The van der Waals surface area contributed by atoms with Crippen LogP contribution in [0, 0.1) is 5.92 Å². The summed E-state index contributed by atoms with van der Waals surface area (Å²) in [4.78, 5) is 6.01. The Bertz CT molecular complexity index is 369. The molecule has 0 bridgehead atoms. The quantitative estimate of drug-likeness (QED) is 0.355. The predicted octanol–water partition coefficient (Wildman–Crippen LogP) is 2.63. The third-order valence-corrected chi connectivity index (χ3v) is 4.22. The number of hydrogen-bond donors (Lipinski definition) is 2. The van der Waals surface area contributed by atoms with E-state index in [0.29, 0.717) is 25.6 Å². The zero-order valence-corrected chi connectivity index (χ0v) is 15.5. The monoisotopic (exact) mass is 366 g/mol. The second kappa shape index (κ2) is 12.4. The molecule has 1 saturated heterocycles. The van der Waals surface area contributed by atoms with Gasteiger partial charge in [0.1, 0.15) is 0 Å². The maximum Gasteiger partial charge on any atom is 0.401 e. The molecule has 2 N–H and O–H groups in total. The van der Waals surface area contributed by atoms with Crippen molar-refractivity contribution in [3.05, 3.63) is 0 Å². The van der Waals surface area contributed by atoms with Gasteiger partial charge in [-0.25, -0.2) is 0 Å². The average Bonchev–Trinajstić information content (AvgIpc) is 2.55. The van der Waals surface area contributed by atoms with Crippen molar-refractivity contribution in [1.29, 1.82) is 0 Å². The maximum absolute atomic E-state index is 12.4. The summed E-state index contributed by atoms with van der Waals surface area (Å²) in [6.45, 7) is 8.04. The van der Waals surface area contributed by atoms with Crippen LogP contribution in [0.5, 0.6) is 0 Å². The molecule has 1 aliphatic heterocycles. The van der Waals surface area contributed by atoms with E-state index in [-0.39, 0.29) is 0 Å². The highest BCUT2D eigenvalue weighted by atomic mass is 19.4. The summed E-state index contributed by atoms with van der Waals surface area (Å²) in [5, 5.41) is 6.52. The van der Waals surface area contributed by atoms with Crippen LogP contribution in [0.2, 0.25) is 0 Å². The SMILES string of the molecule is CCNC(=NCCCOCC)NCCC1CCN(CC(F)(F)F)CC1. The molecule has 5 nitrogen and oxygen atoms in total. The van der Waals surface area contributed by atoms with Crippen molar-refractivity contribution in [2.75, 3.05) is 52.5 Å². The van der Waals surface area contributed by atoms with Crippen molar-refractivity contribution in [3.63, 3.8) is 0 Å². The first-order valence-corrected chi connectivity index (χ1v) is 9.33. The van der Waals surface area contributed by atoms with Gasteiger partial charge in [0.2, 0.25) is 0 Å². The van der Waals surface area contributed by atoms with Crippen molar-refractivity contribution in [3.8, 4) is 0 Å². The van der Waals surface area contributed by atoms with E-state index in [1.807, 2.05) is 13.8 Å². The van der Waals surface area contributed by atoms with Crippen LogP contribution in [0.1, 0.15) is 39.5 Å². The minimum atomic E-state index is -4.09. The molecule has 8 heteroatoms. The van der Waals surface area contributed by atoms with Crippen LogP contribution in [-0.2, 0) is 4.74 Å². The normalized spacial score (nSPS) is 17.7. The number of rotatable bonds is 10. The minimum Gasteiger partial charge on any atom is -0.382 e. The third kappa shape index (κ3) is 11.3. The molecule has 0 amide bonds. The predicted molar refractivity (Wildman–Crippen MR) is 94.9 cm³/mol. The Morgan fingerprint density at radius 3 is 2.52 bits per heavy atom. The van der Waals surface area contributed by atoms with Crippen molar-refractivity contribution < 1.29 is 17.9 Å². The van der Waals surface area contributed by atoms with Crippen molar-refractivity contribution in [1.82, 2.24) is 15.5 Å². The summed E-state index contributed by atoms with van der Waals surface area (Å²) in [6, 6.07) is 0. The molecule has 0 atom stereocenters. The number of likely N-dealkylation sites (tertiary alicyclic amines) is 1. The zero-order valence-electron chi connectivity index (χ0n) is 15.5. The van der Waals surface area contributed by atoms with Gasteiger partial charge in [0, 0.05) is 32.8 Å². The zero-order chi connectivity index (χ0) is 18.5. The average molecular weight is 366 g/mol. The van der Waals surface area contributed by atoms with Gasteiger partial charge in [-0.05, 0) is 58.5 Å². The second-order valence-corrected chi connectivity index (χ2v) is 6.36. The number of hydrogen-bond acceptors (Lipinski definition) is 3. The van der Waals surface area contributed by atoms with E-state index in [2.05, 4.69) is 15.6 Å². The van der Waals surface area contributed by atoms with Gasteiger partial charge in [0.25, 0.3) is 0 Å². The van der Waals surface area contributed by atoms with Crippen molar-refractivity contribution in [2.45, 2.75) is 45.7 Å². The maximum atomic E-state index is 12.4. The lowest BCUT2D eigenvalue weighted by atomic mass is 9.93. The molecule has 1 aliphatic rings. The number of guanidine groups is 1. The Hall–Kier alpha value is -1.02. The van der Waals surface area contributed by atoms with Crippen LogP contribution in [0.4, 0.5) is 13.2 Å². The molecule has 0 aromatic heterocycles. The van der Waals surface area contributed by atoms with Crippen LogP contribution >= 0.6 is 0 Å². The molecule has 0 radical (unpaired) electrons. The van der Waals surface area contributed by atoms with Gasteiger partial charge in [-0.1, -0.05) is 0 Å². The molecular weight excluding hydrogens is 333 g/mol. The Labute approximate surface area is 149 Å². The van der Waals surface area contributed by atoms with Gasteiger partial charge >= 0.3 is 6.18 Å². The first-order valence-electron chi connectivity index (χ1n) is 9.33. The molecule has 0 unspecified atom stereocenters. The van der Waals surface area contributed by atoms with Crippen molar-refractivity contribution in [2.24, 2.45) is 10.9 Å². The lowest BCUT2D eigenvalue weighted by Gasteiger charge is -2.32.